The molecule has 308 valence electrons. The molecule has 2 aliphatic rings. The van der Waals surface area contributed by atoms with Crippen LogP contribution in [0.15, 0.2) is 91.0 Å². The van der Waals surface area contributed by atoms with Crippen LogP contribution in [0.3, 0.4) is 0 Å². The first-order chi connectivity index (χ1) is 27.5. The summed E-state index contributed by atoms with van der Waals surface area (Å²) in [4.78, 5) is 49.6. The lowest BCUT2D eigenvalue weighted by Crippen LogP contribution is -2.67. The topological polar surface area (TPSA) is 170 Å². The fraction of sp³-hybridized carbons (Fsp3) is 0.476. The van der Waals surface area contributed by atoms with Crippen LogP contribution in [0.25, 0.3) is 0 Å². The highest BCUT2D eigenvalue weighted by Gasteiger charge is 2.56. The van der Waals surface area contributed by atoms with Gasteiger partial charge in [0, 0.05) is 34.8 Å². The van der Waals surface area contributed by atoms with Crippen molar-refractivity contribution in [1.29, 1.82) is 0 Å². The maximum Gasteiger partial charge on any atom is 0.303 e. The Labute approximate surface area is 331 Å². The van der Waals surface area contributed by atoms with Gasteiger partial charge in [-0.3, -0.25) is 19.2 Å². The highest BCUT2D eigenvalue weighted by atomic mass is 16.8. The Bertz CT molecular complexity index is 1710. The standard InChI is InChI=1S/C42H50O15/c1-26(43)49-25-34-36(52-27(2)44)38(53-28(3)45)40(54-29(4)46)42(56-34)57-37-35(50-22-31-17-11-7-12-18-31)33(24-48-21-30-15-9-6-10-16-30)55-41(47-5)39(37)51-23-32-19-13-8-14-20-32/h6-20,33-42H,21-25H2,1-5H3/t33-,34-,35-,36+,37+,38+,39-,40-,41+,42-/m1/s1. The first-order valence-corrected chi connectivity index (χ1v) is 18.6. The predicted molar refractivity (Wildman–Crippen MR) is 199 cm³/mol. The number of ether oxygens (including phenoxy) is 11. The zero-order valence-electron chi connectivity index (χ0n) is 32.6. The van der Waals surface area contributed by atoms with E-state index in [9.17, 15) is 19.2 Å². The van der Waals surface area contributed by atoms with E-state index >= 15 is 0 Å². The highest BCUT2D eigenvalue weighted by molar-refractivity contribution is 5.68. The van der Waals surface area contributed by atoms with Gasteiger partial charge in [-0.1, -0.05) is 91.0 Å². The molecule has 57 heavy (non-hydrogen) atoms. The molecule has 0 spiro atoms. The SMILES string of the molecule is CO[C@H]1O[C@H](COCc2ccccc2)[C@@H](OCc2ccccc2)[C@H](O[C@H]2O[C@H](COC(C)=O)[C@H](OC(C)=O)[C@H](OC(C)=O)[C@H]2OC(C)=O)[C@H]1OCc1ccccc1. The molecule has 5 rings (SSSR count). The number of methoxy groups -OCH3 is 1. The van der Waals surface area contributed by atoms with Gasteiger partial charge in [0.15, 0.2) is 30.9 Å². The lowest BCUT2D eigenvalue weighted by Gasteiger charge is -2.49. The first kappa shape index (κ1) is 43.4. The second-order valence-corrected chi connectivity index (χ2v) is 13.5. The summed E-state index contributed by atoms with van der Waals surface area (Å²) < 4.78 is 67.2. The van der Waals surface area contributed by atoms with E-state index in [-0.39, 0.29) is 26.4 Å². The summed E-state index contributed by atoms with van der Waals surface area (Å²) in [6.07, 6.45) is -12.1. The molecule has 10 atom stereocenters. The molecule has 0 N–H and O–H groups in total. The van der Waals surface area contributed by atoms with Gasteiger partial charge in [0.05, 0.1) is 26.4 Å². The Balaban J connectivity index is 1.56. The Kier molecular flexibility index (Phi) is 16.5. The van der Waals surface area contributed by atoms with Crippen LogP contribution in [0, 0.1) is 0 Å². The number of rotatable bonds is 18. The zero-order chi connectivity index (χ0) is 40.7. The van der Waals surface area contributed by atoms with E-state index in [2.05, 4.69) is 0 Å². The van der Waals surface area contributed by atoms with E-state index in [0.717, 1.165) is 37.5 Å². The maximum absolute atomic E-state index is 12.7. The van der Waals surface area contributed by atoms with Crippen molar-refractivity contribution in [2.75, 3.05) is 20.3 Å². The average Bonchev–Trinajstić information content (AvgIpc) is 3.19. The number of hydrogen-bond acceptors (Lipinski definition) is 15. The molecule has 0 aliphatic carbocycles. The molecule has 2 heterocycles. The largest absolute Gasteiger partial charge is 0.463 e. The molecule has 2 saturated heterocycles. The van der Waals surface area contributed by atoms with E-state index in [4.69, 9.17) is 52.1 Å². The van der Waals surface area contributed by atoms with Crippen molar-refractivity contribution in [3.63, 3.8) is 0 Å². The monoisotopic (exact) mass is 794 g/mol. The van der Waals surface area contributed by atoms with E-state index in [1.807, 2.05) is 91.0 Å². The van der Waals surface area contributed by atoms with Gasteiger partial charge < -0.3 is 52.1 Å². The van der Waals surface area contributed by atoms with Crippen LogP contribution in [0.4, 0.5) is 0 Å². The van der Waals surface area contributed by atoms with Crippen molar-refractivity contribution < 1.29 is 71.3 Å². The summed E-state index contributed by atoms with van der Waals surface area (Å²) in [5.74, 6) is -2.98. The predicted octanol–water partition coefficient (Wildman–Crippen LogP) is 4.21. The third-order valence-electron chi connectivity index (χ3n) is 9.03. The van der Waals surface area contributed by atoms with Gasteiger partial charge in [0.1, 0.15) is 37.1 Å². The summed E-state index contributed by atoms with van der Waals surface area (Å²) in [6, 6.07) is 28.5. The van der Waals surface area contributed by atoms with Gasteiger partial charge in [-0.05, 0) is 16.7 Å². The minimum absolute atomic E-state index is 0.0258. The molecule has 0 amide bonds. The molecule has 0 radical (unpaired) electrons. The van der Waals surface area contributed by atoms with Gasteiger partial charge in [0.2, 0.25) is 0 Å². The molecule has 15 heteroatoms. The van der Waals surface area contributed by atoms with Crippen molar-refractivity contribution in [3.8, 4) is 0 Å². The van der Waals surface area contributed by atoms with Gasteiger partial charge >= 0.3 is 23.9 Å². The Hall–Kier alpha value is -4.74. The molecule has 0 aromatic heterocycles. The fourth-order valence-corrected chi connectivity index (χ4v) is 6.59. The second-order valence-electron chi connectivity index (χ2n) is 13.5. The van der Waals surface area contributed by atoms with E-state index in [1.54, 1.807) is 0 Å². The summed E-state index contributed by atoms with van der Waals surface area (Å²) >= 11 is 0. The normalized spacial score (nSPS) is 27.2. The Morgan fingerprint density at radius 1 is 0.491 bits per heavy atom. The molecule has 0 bridgehead atoms. The minimum Gasteiger partial charge on any atom is -0.463 e. The second kappa shape index (κ2) is 21.7. The molecule has 3 aromatic rings. The van der Waals surface area contributed by atoms with Crippen molar-refractivity contribution in [1.82, 2.24) is 0 Å². The zero-order valence-corrected chi connectivity index (χ0v) is 32.6. The summed E-state index contributed by atoms with van der Waals surface area (Å²) in [7, 11) is 1.46. The van der Waals surface area contributed by atoms with Crippen molar-refractivity contribution in [2.45, 2.75) is 109 Å². The summed E-state index contributed by atoms with van der Waals surface area (Å²) in [6.45, 7) is 4.71. The lowest BCUT2D eigenvalue weighted by molar-refractivity contribution is -0.368. The molecule has 2 fully saturated rings. The number of carbonyl (C=O) groups is 4. The van der Waals surface area contributed by atoms with Crippen LogP contribution in [-0.4, -0.2) is 106 Å². The maximum atomic E-state index is 12.7. The van der Waals surface area contributed by atoms with Gasteiger partial charge in [-0.15, -0.1) is 0 Å². The molecule has 0 saturated carbocycles. The van der Waals surface area contributed by atoms with E-state index in [1.165, 1.54) is 14.0 Å². The Morgan fingerprint density at radius 3 is 1.46 bits per heavy atom. The van der Waals surface area contributed by atoms with Crippen molar-refractivity contribution >= 4 is 23.9 Å². The van der Waals surface area contributed by atoms with Crippen LogP contribution in [0.1, 0.15) is 44.4 Å². The summed E-state index contributed by atoms with van der Waals surface area (Å²) in [5.41, 5.74) is 2.63. The number of esters is 4. The average molecular weight is 795 g/mol. The number of benzene rings is 3. The van der Waals surface area contributed by atoms with Crippen LogP contribution in [0.5, 0.6) is 0 Å². The fourth-order valence-electron chi connectivity index (χ4n) is 6.59. The minimum atomic E-state index is -1.55. The van der Waals surface area contributed by atoms with Gasteiger partial charge in [0.25, 0.3) is 0 Å². The van der Waals surface area contributed by atoms with E-state index < -0.39 is 91.9 Å². The van der Waals surface area contributed by atoms with Crippen LogP contribution >= 0.6 is 0 Å². The molecule has 2 aliphatic heterocycles. The quantitative estimate of drug-likeness (QED) is 0.132. The molecular formula is C42H50O15. The third-order valence-corrected chi connectivity index (χ3v) is 9.03. The van der Waals surface area contributed by atoms with Crippen LogP contribution < -0.4 is 0 Å². The van der Waals surface area contributed by atoms with Crippen molar-refractivity contribution in [2.24, 2.45) is 0 Å². The van der Waals surface area contributed by atoms with Gasteiger partial charge in [-0.25, -0.2) is 0 Å². The number of carbonyl (C=O) groups excluding carboxylic acids is 4. The summed E-state index contributed by atoms with van der Waals surface area (Å²) in [5, 5.41) is 0. The third kappa shape index (κ3) is 12.9. The first-order valence-electron chi connectivity index (χ1n) is 18.6. The molecule has 3 aromatic carbocycles. The molecule has 15 nitrogen and oxygen atoms in total. The number of hydrogen-bond donors (Lipinski definition) is 0. The highest BCUT2D eigenvalue weighted by Crippen LogP contribution is 2.36. The van der Waals surface area contributed by atoms with Crippen LogP contribution in [0.2, 0.25) is 0 Å². The van der Waals surface area contributed by atoms with Crippen LogP contribution in [-0.2, 0) is 91.1 Å². The van der Waals surface area contributed by atoms with Crippen molar-refractivity contribution in [3.05, 3.63) is 108 Å². The molecular weight excluding hydrogens is 744 g/mol. The Morgan fingerprint density at radius 2 is 0.947 bits per heavy atom. The van der Waals surface area contributed by atoms with Gasteiger partial charge in [-0.2, -0.15) is 0 Å². The van der Waals surface area contributed by atoms with E-state index in [0.29, 0.717) is 0 Å². The smallest absolute Gasteiger partial charge is 0.303 e. The lowest BCUT2D eigenvalue weighted by atomic mass is 9.95. The molecule has 0 unspecified atom stereocenters.